The molecular formula is C23H42O3Si. The molecule has 0 bridgehead atoms. The fraction of sp³-hybridized carbons (Fsp3) is 0.739. The summed E-state index contributed by atoms with van der Waals surface area (Å²) in [6.07, 6.45) is 10.4. The predicted octanol–water partition coefficient (Wildman–Crippen LogP) is 6.37. The van der Waals surface area contributed by atoms with Crippen molar-refractivity contribution in [2.24, 2.45) is 5.92 Å². The van der Waals surface area contributed by atoms with E-state index in [-0.39, 0.29) is 11.1 Å². The quantitative estimate of drug-likeness (QED) is 0.202. The van der Waals surface area contributed by atoms with Gasteiger partial charge in [0.05, 0.1) is 6.10 Å². The van der Waals surface area contributed by atoms with Gasteiger partial charge in [0.15, 0.2) is 14.6 Å². The van der Waals surface area contributed by atoms with Crippen molar-refractivity contribution in [1.82, 2.24) is 0 Å². The maximum atomic E-state index is 9.93. The first-order chi connectivity index (χ1) is 12.5. The van der Waals surface area contributed by atoms with Crippen molar-refractivity contribution >= 4 is 8.32 Å². The van der Waals surface area contributed by atoms with E-state index in [9.17, 15) is 5.11 Å². The second kappa shape index (κ2) is 10.8. The lowest BCUT2D eigenvalue weighted by atomic mass is 9.92. The van der Waals surface area contributed by atoms with Gasteiger partial charge in [-0.25, -0.2) is 0 Å². The average Bonchev–Trinajstić information content (AvgIpc) is 2.88. The summed E-state index contributed by atoms with van der Waals surface area (Å²) in [6, 6.07) is 0. The van der Waals surface area contributed by atoms with Crippen molar-refractivity contribution in [2.45, 2.75) is 97.2 Å². The van der Waals surface area contributed by atoms with Gasteiger partial charge >= 0.3 is 0 Å². The minimum absolute atomic E-state index is 0.0258. The third-order valence-electron chi connectivity index (χ3n) is 6.03. The fourth-order valence-electron chi connectivity index (χ4n) is 3.15. The standard InChI is InChI=1S/C23H42O3Si/c1-9-11-18(2)13-14-20-17-22(24)26-21(20)16-19(3)12-10-15-25-27(7,8)23(4,5)6/h9,11,16,20-22,24H,1,10,12-15,17H2,2-8H3. The van der Waals surface area contributed by atoms with Crippen LogP contribution in [-0.4, -0.2) is 32.4 Å². The van der Waals surface area contributed by atoms with Crippen LogP contribution in [0.15, 0.2) is 36.0 Å². The molecular weight excluding hydrogens is 352 g/mol. The molecule has 1 saturated heterocycles. The monoisotopic (exact) mass is 394 g/mol. The Bertz CT molecular complexity index is 528. The van der Waals surface area contributed by atoms with Crippen LogP contribution in [0, 0.1) is 5.92 Å². The van der Waals surface area contributed by atoms with Crippen LogP contribution in [0.2, 0.25) is 18.1 Å². The summed E-state index contributed by atoms with van der Waals surface area (Å²) in [6.45, 7) is 20.3. The highest BCUT2D eigenvalue weighted by atomic mass is 28.4. The van der Waals surface area contributed by atoms with Crippen LogP contribution in [-0.2, 0) is 9.16 Å². The predicted molar refractivity (Wildman–Crippen MR) is 118 cm³/mol. The van der Waals surface area contributed by atoms with Crippen LogP contribution >= 0.6 is 0 Å². The highest BCUT2D eigenvalue weighted by Crippen LogP contribution is 2.36. The van der Waals surface area contributed by atoms with Gasteiger partial charge in [0.1, 0.15) is 0 Å². The molecule has 0 amide bonds. The van der Waals surface area contributed by atoms with Crippen LogP contribution in [0.1, 0.15) is 66.7 Å². The van der Waals surface area contributed by atoms with E-state index in [1.807, 2.05) is 6.08 Å². The molecule has 1 aliphatic rings. The molecule has 0 radical (unpaired) electrons. The third kappa shape index (κ3) is 8.47. The van der Waals surface area contributed by atoms with E-state index in [0.717, 1.165) is 38.7 Å². The van der Waals surface area contributed by atoms with E-state index in [0.29, 0.717) is 5.92 Å². The van der Waals surface area contributed by atoms with Crippen molar-refractivity contribution in [3.05, 3.63) is 36.0 Å². The Balaban J connectivity index is 2.49. The molecule has 1 heterocycles. The van der Waals surface area contributed by atoms with E-state index in [1.165, 1.54) is 11.1 Å². The molecule has 0 spiro atoms. The normalized spacial score (nSPS) is 25.1. The van der Waals surface area contributed by atoms with Gasteiger partial charge in [-0.3, -0.25) is 0 Å². The molecule has 3 unspecified atom stereocenters. The lowest BCUT2D eigenvalue weighted by molar-refractivity contribution is -0.0791. The number of hydrogen-bond acceptors (Lipinski definition) is 3. The Kier molecular flexibility index (Phi) is 9.70. The van der Waals surface area contributed by atoms with E-state index < -0.39 is 14.6 Å². The number of aliphatic hydroxyl groups excluding tert-OH is 1. The summed E-state index contributed by atoms with van der Waals surface area (Å²) in [7, 11) is -1.65. The van der Waals surface area contributed by atoms with Crippen LogP contribution < -0.4 is 0 Å². The number of aliphatic hydroxyl groups is 1. The van der Waals surface area contributed by atoms with Crippen molar-refractivity contribution < 1.29 is 14.3 Å². The molecule has 4 heteroatoms. The van der Waals surface area contributed by atoms with Crippen LogP contribution in [0.4, 0.5) is 0 Å². The summed E-state index contributed by atoms with van der Waals surface area (Å²) in [5.74, 6) is 0.381. The molecule has 1 aliphatic heterocycles. The molecule has 0 aromatic heterocycles. The van der Waals surface area contributed by atoms with Crippen molar-refractivity contribution in [3.63, 3.8) is 0 Å². The van der Waals surface area contributed by atoms with Crippen LogP contribution in [0.25, 0.3) is 0 Å². The lowest BCUT2D eigenvalue weighted by Crippen LogP contribution is -2.40. The number of allylic oxidation sites excluding steroid dienone is 4. The second-order valence-electron chi connectivity index (χ2n) is 9.56. The highest BCUT2D eigenvalue weighted by Gasteiger charge is 2.37. The van der Waals surface area contributed by atoms with Gasteiger partial charge in [0, 0.05) is 13.0 Å². The minimum atomic E-state index is -1.65. The highest BCUT2D eigenvalue weighted by molar-refractivity contribution is 6.74. The maximum absolute atomic E-state index is 9.93. The van der Waals surface area contributed by atoms with E-state index >= 15 is 0 Å². The summed E-state index contributed by atoms with van der Waals surface area (Å²) in [5.41, 5.74) is 2.66. The molecule has 0 aromatic rings. The Morgan fingerprint density at radius 1 is 1.22 bits per heavy atom. The average molecular weight is 395 g/mol. The molecule has 156 valence electrons. The Hall–Kier alpha value is -0.683. The first-order valence-corrected chi connectivity index (χ1v) is 13.3. The van der Waals surface area contributed by atoms with Gasteiger partial charge in [-0.1, -0.05) is 56.7 Å². The topological polar surface area (TPSA) is 38.7 Å². The molecule has 27 heavy (non-hydrogen) atoms. The molecule has 0 saturated carbocycles. The first kappa shape index (κ1) is 24.4. The Morgan fingerprint density at radius 3 is 2.48 bits per heavy atom. The third-order valence-corrected chi connectivity index (χ3v) is 10.6. The summed E-state index contributed by atoms with van der Waals surface area (Å²) in [5, 5.41) is 10.2. The molecule has 1 rings (SSSR count). The summed E-state index contributed by atoms with van der Waals surface area (Å²) in [4.78, 5) is 0. The van der Waals surface area contributed by atoms with Gasteiger partial charge < -0.3 is 14.3 Å². The van der Waals surface area contributed by atoms with Crippen molar-refractivity contribution in [2.75, 3.05) is 6.61 Å². The molecule has 1 fully saturated rings. The van der Waals surface area contributed by atoms with E-state index in [4.69, 9.17) is 9.16 Å². The van der Waals surface area contributed by atoms with Crippen molar-refractivity contribution in [3.8, 4) is 0 Å². The maximum Gasteiger partial charge on any atom is 0.191 e. The lowest BCUT2D eigenvalue weighted by Gasteiger charge is -2.36. The first-order valence-electron chi connectivity index (χ1n) is 10.4. The minimum Gasteiger partial charge on any atom is -0.417 e. The Morgan fingerprint density at radius 2 is 1.89 bits per heavy atom. The molecule has 3 nitrogen and oxygen atoms in total. The molecule has 3 atom stereocenters. The van der Waals surface area contributed by atoms with E-state index in [2.05, 4.69) is 66.4 Å². The number of ether oxygens (including phenoxy) is 1. The van der Waals surface area contributed by atoms with E-state index in [1.54, 1.807) is 0 Å². The zero-order chi connectivity index (χ0) is 20.7. The van der Waals surface area contributed by atoms with Gasteiger partial charge in [-0.2, -0.15) is 0 Å². The zero-order valence-electron chi connectivity index (χ0n) is 18.7. The van der Waals surface area contributed by atoms with Gasteiger partial charge in [0.25, 0.3) is 0 Å². The smallest absolute Gasteiger partial charge is 0.191 e. The second-order valence-corrected chi connectivity index (χ2v) is 14.4. The van der Waals surface area contributed by atoms with Crippen LogP contribution in [0.3, 0.4) is 0 Å². The molecule has 0 aliphatic carbocycles. The van der Waals surface area contributed by atoms with Crippen molar-refractivity contribution in [1.29, 1.82) is 0 Å². The largest absolute Gasteiger partial charge is 0.417 e. The zero-order valence-corrected chi connectivity index (χ0v) is 19.7. The Labute approximate surface area is 168 Å². The summed E-state index contributed by atoms with van der Waals surface area (Å²) < 4.78 is 12.0. The number of rotatable bonds is 10. The number of hydrogen-bond donors (Lipinski definition) is 1. The SMILES string of the molecule is C=CC=C(C)CCC1CC(O)OC1C=C(C)CCCO[Si](C)(C)C(C)(C)C. The molecule has 1 N–H and O–H groups in total. The fourth-order valence-corrected chi connectivity index (χ4v) is 4.24. The summed E-state index contributed by atoms with van der Waals surface area (Å²) >= 11 is 0. The van der Waals surface area contributed by atoms with Gasteiger partial charge in [-0.15, -0.1) is 0 Å². The van der Waals surface area contributed by atoms with Crippen LogP contribution in [0.5, 0.6) is 0 Å². The van der Waals surface area contributed by atoms with Gasteiger partial charge in [-0.05, 0) is 63.6 Å². The molecule has 0 aromatic carbocycles. The van der Waals surface area contributed by atoms with Gasteiger partial charge in [0.2, 0.25) is 0 Å².